The Morgan fingerprint density at radius 1 is 1.30 bits per heavy atom. The van der Waals surface area contributed by atoms with Crippen LogP contribution in [0.4, 0.5) is 0 Å². The number of likely N-dealkylation sites (tertiary alicyclic amines) is 1. The molecule has 1 saturated heterocycles. The Morgan fingerprint density at radius 3 is 2.73 bits per heavy atom. The standard InChI is InChI=1S/C25H32ClN3O/c1-3-20(21-7-8-22(15-27)18(2)13-21)6-4-5-19-9-11-29(12-10-19)17-23-14-24(26)16-28-25(23)30/h7-8,13-14,16,19-20H,3-6,9-12,17H2,1-2H3,(H,28,30). The van der Waals surface area contributed by atoms with Crippen LogP contribution < -0.4 is 5.56 Å². The second kappa shape index (κ2) is 10.8. The van der Waals surface area contributed by atoms with Crippen LogP contribution in [0.15, 0.2) is 35.3 Å². The van der Waals surface area contributed by atoms with Crippen LogP contribution >= 0.6 is 11.6 Å². The molecule has 2 aromatic rings. The molecular formula is C25H32ClN3O. The fourth-order valence-corrected chi connectivity index (χ4v) is 4.80. The van der Waals surface area contributed by atoms with E-state index in [-0.39, 0.29) is 5.56 Å². The highest BCUT2D eigenvalue weighted by Crippen LogP contribution is 2.30. The number of aryl methyl sites for hydroxylation is 1. The van der Waals surface area contributed by atoms with Gasteiger partial charge in [0.25, 0.3) is 5.56 Å². The third-order valence-corrected chi connectivity index (χ3v) is 6.76. The molecule has 1 atom stereocenters. The van der Waals surface area contributed by atoms with Gasteiger partial charge in [-0.2, -0.15) is 5.26 Å². The van der Waals surface area contributed by atoms with Crippen molar-refractivity contribution >= 4 is 11.6 Å². The molecule has 4 nitrogen and oxygen atoms in total. The second-order valence-electron chi connectivity index (χ2n) is 8.61. The summed E-state index contributed by atoms with van der Waals surface area (Å²) in [6.45, 7) is 7.05. The Hall–Kier alpha value is -2.09. The first kappa shape index (κ1) is 22.6. The van der Waals surface area contributed by atoms with Crippen molar-refractivity contribution < 1.29 is 0 Å². The SMILES string of the molecule is CCC(CCCC1CCN(Cc2cc(Cl)c[nH]c2=O)CC1)c1ccc(C#N)c(C)c1. The summed E-state index contributed by atoms with van der Waals surface area (Å²) >= 11 is 6.02. The highest BCUT2D eigenvalue weighted by Gasteiger charge is 2.20. The third kappa shape index (κ3) is 5.97. The average molecular weight is 426 g/mol. The van der Waals surface area contributed by atoms with Crippen molar-refractivity contribution in [1.82, 2.24) is 9.88 Å². The van der Waals surface area contributed by atoms with Crippen LogP contribution in [0.25, 0.3) is 0 Å². The molecule has 0 amide bonds. The lowest BCUT2D eigenvalue weighted by molar-refractivity contribution is 0.169. The van der Waals surface area contributed by atoms with Crippen LogP contribution in [-0.2, 0) is 6.54 Å². The van der Waals surface area contributed by atoms with Crippen LogP contribution in [0.2, 0.25) is 5.02 Å². The Balaban J connectivity index is 1.44. The summed E-state index contributed by atoms with van der Waals surface area (Å²) in [6.07, 6.45) is 8.81. The minimum absolute atomic E-state index is 0.0369. The molecular weight excluding hydrogens is 394 g/mol. The van der Waals surface area contributed by atoms with E-state index < -0.39 is 0 Å². The predicted molar refractivity (Wildman–Crippen MR) is 123 cm³/mol. The Bertz CT molecular complexity index is 938. The van der Waals surface area contributed by atoms with Crippen molar-refractivity contribution in [3.05, 3.63) is 68.1 Å². The molecule has 1 unspecified atom stereocenters. The molecule has 1 aliphatic heterocycles. The molecule has 2 heterocycles. The fourth-order valence-electron chi connectivity index (χ4n) is 4.62. The van der Waals surface area contributed by atoms with Crippen molar-refractivity contribution in [3.8, 4) is 6.07 Å². The van der Waals surface area contributed by atoms with E-state index >= 15 is 0 Å². The zero-order chi connectivity index (χ0) is 21.5. The van der Waals surface area contributed by atoms with Crippen LogP contribution in [-0.4, -0.2) is 23.0 Å². The van der Waals surface area contributed by atoms with Gasteiger partial charge >= 0.3 is 0 Å². The lowest BCUT2D eigenvalue weighted by atomic mass is 9.86. The summed E-state index contributed by atoms with van der Waals surface area (Å²) < 4.78 is 0. The lowest BCUT2D eigenvalue weighted by Gasteiger charge is -2.32. The first-order valence-corrected chi connectivity index (χ1v) is 11.5. The molecule has 0 saturated carbocycles. The van der Waals surface area contributed by atoms with E-state index in [1.807, 2.05) is 13.0 Å². The molecule has 0 spiro atoms. The monoisotopic (exact) mass is 425 g/mol. The molecule has 3 rings (SSSR count). The quantitative estimate of drug-likeness (QED) is 0.582. The van der Waals surface area contributed by atoms with Crippen LogP contribution in [0, 0.1) is 24.2 Å². The number of nitrogens with zero attached hydrogens (tertiary/aromatic N) is 2. The maximum atomic E-state index is 12.0. The summed E-state index contributed by atoms with van der Waals surface area (Å²) in [5.41, 5.74) is 3.95. The summed E-state index contributed by atoms with van der Waals surface area (Å²) in [4.78, 5) is 17.0. The zero-order valence-electron chi connectivity index (χ0n) is 18.1. The van der Waals surface area contributed by atoms with Gasteiger partial charge in [-0.3, -0.25) is 9.69 Å². The van der Waals surface area contributed by atoms with E-state index in [0.717, 1.165) is 42.1 Å². The van der Waals surface area contributed by atoms with Crippen LogP contribution in [0.3, 0.4) is 0 Å². The summed E-state index contributed by atoms with van der Waals surface area (Å²) in [6, 6.07) is 10.3. The van der Waals surface area contributed by atoms with Crippen LogP contribution in [0.5, 0.6) is 0 Å². The maximum absolute atomic E-state index is 12.0. The number of hydrogen-bond donors (Lipinski definition) is 1. The number of rotatable bonds is 8. The number of nitrogens with one attached hydrogen (secondary N) is 1. The van der Waals surface area contributed by atoms with Gasteiger partial charge in [-0.25, -0.2) is 0 Å². The highest BCUT2D eigenvalue weighted by atomic mass is 35.5. The van der Waals surface area contributed by atoms with Gasteiger partial charge in [0.1, 0.15) is 0 Å². The van der Waals surface area contributed by atoms with E-state index in [0.29, 0.717) is 17.5 Å². The number of benzene rings is 1. The first-order chi connectivity index (χ1) is 14.5. The van der Waals surface area contributed by atoms with Gasteiger partial charge in [0, 0.05) is 18.3 Å². The molecule has 160 valence electrons. The summed E-state index contributed by atoms with van der Waals surface area (Å²) in [5, 5.41) is 9.73. The van der Waals surface area contributed by atoms with E-state index in [4.69, 9.17) is 16.9 Å². The third-order valence-electron chi connectivity index (χ3n) is 6.55. The molecule has 1 aliphatic rings. The molecule has 1 fully saturated rings. The summed E-state index contributed by atoms with van der Waals surface area (Å²) in [5.74, 6) is 1.35. The molecule has 5 heteroatoms. The normalized spacial score (nSPS) is 16.3. The minimum atomic E-state index is -0.0369. The molecule has 0 bridgehead atoms. The van der Waals surface area contributed by atoms with E-state index in [9.17, 15) is 4.79 Å². The largest absolute Gasteiger partial charge is 0.327 e. The average Bonchev–Trinajstić information content (AvgIpc) is 2.75. The molecule has 1 N–H and O–H groups in total. The zero-order valence-corrected chi connectivity index (χ0v) is 18.8. The fraction of sp³-hybridized carbons (Fsp3) is 0.520. The van der Waals surface area contributed by atoms with Crippen LogP contribution in [0.1, 0.15) is 73.6 Å². The number of aromatic nitrogens is 1. The van der Waals surface area contributed by atoms with Crippen molar-refractivity contribution in [2.24, 2.45) is 5.92 Å². The van der Waals surface area contributed by atoms with Gasteiger partial charge in [-0.15, -0.1) is 0 Å². The minimum Gasteiger partial charge on any atom is -0.327 e. The first-order valence-electron chi connectivity index (χ1n) is 11.1. The number of halogens is 1. The Morgan fingerprint density at radius 2 is 2.07 bits per heavy atom. The van der Waals surface area contributed by atoms with Gasteiger partial charge in [-0.05, 0) is 80.8 Å². The highest BCUT2D eigenvalue weighted by molar-refractivity contribution is 6.30. The van der Waals surface area contributed by atoms with E-state index in [1.165, 1.54) is 37.7 Å². The predicted octanol–water partition coefficient (Wildman–Crippen LogP) is 5.78. The van der Waals surface area contributed by atoms with Gasteiger partial charge < -0.3 is 4.98 Å². The van der Waals surface area contributed by atoms with Gasteiger partial charge in [-0.1, -0.05) is 43.5 Å². The van der Waals surface area contributed by atoms with Gasteiger partial charge in [0.15, 0.2) is 0 Å². The van der Waals surface area contributed by atoms with Crippen molar-refractivity contribution in [1.29, 1.82) is 5.26 Å². The van der Waals surface area contributed by atoms with Gasteiger partial charge in [0.05, 0.1) is 16.7 Å². The number of nitriles is 1. The number of hydrogen-bond acceptors (Lipinski definition) is 3. The van der Waals surface area contributed by atoms with E-state index in [1.54, 1.807) is 12.3 Å². The van der Waals surface area contributed by atoms with E-state index in [2.05, 4.69) is 35.0 Å². The molecule has 0 radical (unpaired) electrons. The molecule has 0 aliphatic carbocycles. The Labute approximate surface area is 184 Å². The Kier molecular flexibility index (Phi) is 8.13. The van der Waals surface area contributed by atoms with Gasteiger partial charge in [0.2, 0.25) is 0 Å². The smallest absolute Gasteiger partial charge is 0.252 e. The van der Waals surface area contributed by atoms with Crippen molar-refractivity contribution in [3.63, 3.8) is 0 Å². The number of aromatic amines is 1. The number of piperidine rings is 1. The topological polar surface area (TPSA) is 59.9 Å². The van der Waals surface area contributed by atoms with Crippen molar-refractivity contribution in [2.45, 2.75) is 64.8 Å². The molecule has 1 aromatic carbocycles. The number of pyridine rings is 1. The molecule has 1 aromatic heterocycles. The second-order valence-corrected chi connectivity index (χ2v) is 9.05. The summed E-state index contributed by atoms with van der Waals surface area (Å²) in [7, 11) is 0. The molecule has 30 heavy (non-hydrogen) atoms. The number of H-pyrrole nitrogens is 1. The van der Waals surface area contributed by atoms with Crippen molar-refractivity contribution in [2.75, 3.05) is 13.1 Å². The maximum Gasteiger partial charge on any atom is 0.252 e. The lowest BCUT2D eigenvalue weighted by Crippen LogP contribution is -2.34.